The van der Waals surface area contributed by atoms with Crippen LogP contribution < -0.4 is 9.47 Å². The van der Waals surface area contributed by atoms with Gasteiger partial charge in [0.05, 0.1) is 60.0 Å². The minimum atomic E-state index is -1.19. The smallest absolute Gasteiger partial charge is 0.229 e. The zero-order chi connectivity index (χ0) is 49.9. The number of rotatable bonds is 25. The fraction of sp³-hybridized carbons (Fsp3) is 0.311. The molecular formula is C61H64O12. The number of methoxy groups -OCH3 is 1. The van der Waals surface area contributed by atoms with Crippen LogP contribution in [0.4, 0.5) is 0 Å². The van der Waals surface area contributed by atoms with Gasteiger partial charge in [0.1, 0.15) is 60.3 Å². The highest BCUT2D eigenvalue weighted by molar-refractivity contribution is 5.31. The van der Waals surface area contributed by atoms with Gasteiger partial charge in [-0.3, -0.25) is 0 Å². The van der Waals surface area contributed by atoms with Crippen LogP contribution in [0, 0.1) is 0 Å². The summed E-state index contributed by atoms with van der Waals surface area (Å²) in [5.41, 5.74) is 5.67. The Morgan fingerprint density at radius 3 is 1.12 bits per heavy atom. The molecule has 12 nitrogen and oxygen atoms in total. The van der Waals surface area contributed by atoms with Crippen molar-refractivity contribution >= 4 is 0 Å². The van der Waals surface area contributed by atoms with Crippen LogP contribution >= 0.6 is 0 Å². The Balaban J connectivity index is 1.10. The van der Waals surface area contributed by atoms with Crippen molar-refractivity contribution in [1.82, 2.24) is 0 Å². The topological polar surface area (TPSA) is 122 Å². The average Bonchev–Trinajstić information content (AvgIpc) is 3.44. The number of hydrogen-bond acceptors (Lipinski definition) is 12. The standard InChI is InChI=1S/C61H64O12/c1-63-50-32-34-51(35-33-50)70-60-59(69-41-49-30-18-7-19-31-49)57(67-39-47-26-14-5-15-27-47)55(53(72-60)43-65-37-45-22-10-3-11-23-45)73-61-58(68-40-48-28-16-6-17-29-48)56(66-38-46-24-12-4-13-25-46)54(62)52(71-61)42-64-36-44-20-8-2-9-21-44/h2-35,52-62H,36-43H2,1H3/t52-,53-,54-,55+,56-,57-,58-,59-,60+,61-/m0/s1. The van der Waals surface area contributed by atoms with Crippen molar-refractivity contribution in [1.29, 1.82) is 0 Å². The van der Waals surface area contributed by atoms with E-state index in [1.165, 1.54) is 0 Å². The van der Waals surface area contributed by atoms with E-state index in [0.717, 1.165) is 33.4 Å². The van der Waals surface area contributed by atoms with Crippen molar-refractivity contribution in [2.45, 2.75) is 101 Å². The first kappa shape index (κ1) is 51.6. The largest absolute Gasteiger partial charge is 0.497 e. The van der Waals surface area contributed by atoms with Gasteiger partial charge in [-0.05, 0) is 57.6 Å². The molecule has 73 heavy (non-hydrogen) atoms. The van der Waals surface area contributed by atoms with E-state index in [2.05, 4.69) is 0 Å². The van der Waals surface area contributed by atoms with E-state index in [0.29, 0.717) is 24.7 Å². The molecule has 0 spiro atoms. The van der Waals surface area contributed by atoms with E-state index in [1.807, 2.05) is 206 Å². The second kappa shape index (κ2) is 27.2. The second-order valence-corrected chi connectivity index (χ2v) is 18.0. The summed E-state index contributed by atoms with van der Waals surface area (Å²) < 4.78 is 74.1. The van der Waals surface area contributed by atoms with Gasteiger partial charge in [-0.15, -0.1) is 0 Å². The molecule has 1 N–H and O–H groups in total. The van der Waals surface area contributed by atoms with E-state index in [9.17, 15) is 5.11 Å². The van der Waals surface area contributed by atoms with Crippen molar-refractivity contribution in [3.05, 3.63) is 240 Å². The van der Waals surface area contributed by atoms with E-state index in [4.69, 9.17) is 52.1 Å². The molecule has 2 aliphatic rings. The Morgan fingerprint density at radius 1 is 0.356 bits per heavy atom. The van der Waals surface area contributed by atoms with Gasteiger partial charge in [0.15, 0.2) is 6.29 Å². The average molecular weight is 989 g/mol. The van der Waals surface area contributed by atoms with Crippen LogP contribution in [-0.4, -0.2) is 86.8 Å². The monoisotopic (exact) mass is 988 g/mol. The van der Waals surface area contributed by atoms with Crippen LogP contribution in [0.25, 0.3) is 0 Å². The van der Waals surface area contributed by atoms with Crippen LogP contribution in [0.1, 0.15) is 33.4 Å². The van der Waals surface area contributed by atoms with Crippen molar-refractivity contribution in [3.63, 3.8) is 0 Å². The number of ether oxygens (including phenoxy) is 11. The molecule has 0 aliphatic carbocycles. The molecule has 2 heterocycles. The third kappa shape index (κ3) is 14.9. The zero-order valence-electron chi connectivity index (χ0n) is 41.0. The molecule has 2 aliphatic heterocycles. The van der Waals surface area contributed by atoms with Gasteiger partial charge in [-0.1, -0.05) is 182 Å². The lowest BCUT2D eigenvalue weighted by molar-refractivity contribution is -0.369. The molecule has 0 unspecified atom stereocenters. The highest BCUT2D eigenvalue weighted by atomic mass is 16.8. The fourth-order valence-electron chi connectivity index (χ4n) is 8.89. The highest BCUT2D eigenvalue weighted by Gasteiger charge is 2.54. The summed E-state index contributed by atoms with van der Waals surface area (Å²) >= 11 is 0. The lowest BCUT2D eigenvalue weighted by Gasteiger charge is -2.49. The Bertz CT molecular complexity index is 2600. The van der Waals surface area contributed by atoms with Crippen molar-refractivity contribution in [2.24, 2.45) is 0 Å². The minimum Gasteiger partial charge on any atom is -0.497 e. The molecule has 0 radical (unpaired) electrons. The van der Waals surface area contributed by atoms with Crippen LogP contribution in [0.5, 0.6) is 11.5 Å². The lowest BCUT2D eigenvalue weighted by Crippen LogP contribution is -2.66. The van der Waals surface area contributed by atoms with Crippen molar-refractivity contribution < 1.29 is 57.2 Å². The number of benzene rings is 7. The van der Waals surface area contributed by atoms with E-state index < -0.39 is 61.4 Å². The maximum atomic E-state index is 12.4. The quantitative estimate of drug-likeness (QED) is 0.0587. The summed E-state index contributed by atoms with van der Waals surface area (Å²) in [7, 11) is 1.62. The first-order chi connectivity index (χ1) is 36.1. The van der Waals surface area contributed by atoms with Crippen molar-refractivity contribution in [2.75, 3.05) is 20.3 Å². The SMILES string of the molecule is COc1ccc(O[C@@H]2O[C@@H](COCc3ccccc3)[C@@H](O[C@@H]3O[C@@H](COCc4ccccc4)[C@H](O)[C@H](OCc4ccccc4)[C@@H]3OCc3ccccc3)[C@H](OCc3ccccc3)[C@@H]2OCc2ccccc2)cc1. The molecular weight excluding hydrogens is 925 g/mol. The number of aliphatic hydroxyl groups is 1. The maximum absolute atomic E-state index is 12.4. The molecule has 0 saturated carbocycles. The first-order valence-corrected chi connectivity index (χ1v) is 24.9. The predicted octanol–water partition coefficient (Wildman–Crippen LogP) is 10.0. The molecule has 7 aromatic carbocycles. The lowest BCUT2D eigenvalue weighted by atomic mass is 9.96. The molecule has 12 heteroatoms. The molecule has 9 rings (SSSR count). The summed E-state index contributed by atoms with van der Waals surface area (Å²) in [5, 5.41) is 12.4. The van der Waals surface area contributed by atoms with E-state index in [-0.39, 0.29) is 39.6 Å². The van der Waals surface area contributed by atoms with Gasteiger partial charge in [0.2, 0.25) is 6.29 Å². The zero-order valence-corrected chi connectivity index (χ0v) is 41.0. The molecule has 7 aromatic rings. The summed E-state index contributed by atoms with van der Waals surface area (Å²) in [6, 6.07) is 66.6. The second-order valence-electron chi connectivity index (χ2n) is 18.0. The van der Waals surface area contributed by atoms with Crippen LogP contribution in [-0.2, 0) is 82.3 Å². The molecule has 380 valence electrons. The molecule has 0 amide bonds. The summed E-state index contributed by atoms with van der Waals surface area (Å²) in [6.07, 6.45) is -9.82. The van der Waals surface area contributed by atoms with Gasteiger partial charge < -0.3 is 57.2 Å². The Morgan fingerprint density at radius 2 is 0.699 bits per heavy atom. The van der Waals surface area contributed by atoms with Gasteiger partial charge in [-0.2, -0.15) is 0 Å². The first-order valence-electron chi connectivity index (χ1n) is 24.9. The highest BCUT2D eigenvalue weighted by Crippen LogP contribution is 2.37. The summed E-state index contributed by atoms with van der Waals surface area (Å²) in [5.74, 6) is 1.20. The summed E-state index contributed by atoms with van der Waals surface area (Å²) in [6.45, 7) is 1.42. The molecule has 2 saturated heterocycles. The normalized spacial score (nSPS) is 23.9. The van der Waals surface area contributed by atoms with Crippen molar-refractivity contribution in [3.8, 4) is 11.5 Å². The van der Waals surface area contributed by atoms with E-state index >= 15 is 0 Å². The van der Waals surface area contributed by atoms with Gasteiger partial charge in [-0.25, -0.2) is 0 Å². The molecule has 10 atom stereocenters. The number of aliphatic hydroxyl groups excluding tert-OH is 1. The fourth-order valence-corrected chi connectivity index (χ4v) is 8.89. The third-order valence-corrected chi connectivity index (χ3v) is 12.7. The Hall–Kier alpha value is -6.26. The molecule has 2 fully saturated rings. The van der Waals surface area contributed by atoms with Crippen LogP contribution in [0.3, 0.4) is 0 Å². The summed E-state index contributed by atoms with van der Waals surface area (Å²) in [4.78, 5) is 0. The minimum absolute atomic E-state index is 0.0197. The van der Waals surface area contributed by atoms with Gasteiger partial charge in [0, 0.05) is 0 Å². The molecule has 0 aromatic heterocycles. The Kier molecular flexibility index (Phi) is 19.2. The van der Waals surface area contributed by atoms with E-state index in [1.54, 1.807) is 7.11 Å². The van der Waals surface area contributed by atoms with Crippen LogP contribution in [0.2, 0.25) is 0 Å². The van der Waals surface area contributed by atoms with Gasteiger partial charge >= 0.3 is 0 Å². The Labute approximate surface area is 428 Å². The third-order valence-electron chi connectivity index (χ3n) is 12.7. The maximum Gasteiger partial charge on any atom is 0.229 e. The number of hydrogen-bond donors (Lipinski definition) is 1. The van der Waals surface area contributed by atoms with Gasteiger partial charge in [0.25, 0.3) is 0 Å². The molecule has 0 bridgehead atoms. The predicted molar refractivity (Wildman–Crippen MR) is 274 cm³/mol. The van der Waals surface area contributed by atoms with Crippen LogP contribution in [0.15, 0.2) is 206 Å².